The zero-order valence-corrected chi connectivity index (χ0v) is 14.9. The van der Waals surface area contributed by atoms with Gasteiger partial charge in [-0.2, -0.15) is 0 Å². The molecule has 1 amide bonds. The molecular weight excluding hydrogens is 330 g/mol. The molecule has 1 atom stereocenters. The molecule has 0 saturated carbocycles. The first-order valence-electron chi connectivity index (χ1n) is 8.95. The number of likely N-dealkylation sites (tertiary alicyclic amines) is 1. The molecule has 0 radical (unpaired) electrons. The van der Waals surface area contributed by atoms with E-state index < -0.39 is 5.97 Å². The summed E-state index contributed by atoms with van der Waals surface area (Å²) < 4.78 is 5.69. The van der Waals surface area contributed by atoms with E-state index in [1.54, 1.807) is 11.0 Å². The number of carboxylic acid groups (broad SMARTS) is 1. The summed E-state index contributed by atoms with van der Waals surface area (Å²) in [5, 5.41) is 9.07. The second-order valence-electron chi connectivity index (χ2n) is 6.40. The smallest absolute Gasteiger partial charge is 0.305 e. The Morgan fingerprint density at radius 2 is 2.00 bits per heavy atom. The largest absolute Gasteiger partial charge is 0.493 e. The Labute approximate surface area is 153 Å². The van der Waals surface area contributed by atoms with E-state index in [4.69, 9.17) is 9.84 Å². The van der Waals surface area contributed by atoms with Crippen molar-refractivity contribution in [3.05, 3.63) is 54.1 Å². The number of carbonyl (C=O) groups excluding carboxylic acids is 1. The number of para-hydroxylation sites is 1. The molecule has 1 aliphatic heterocycles. The van der Waals surface area contributed by atoms with E-state index in [2.05, 4.69) is 0 Å². The van der Waals surface area contributed by atoms with Gasteiger partial charge in [-0.15, -0.1) is 0 Å². The lowest BCUT2D eigenvalue weighted by Crippen LogP contribution is -2.36. The molecule has 1 heterocycles. The maximum atomic E-state index is 12.9. The maximum absolute atomic E-state index is 12.9. The summed E-state index contributed by atoms with van der Waals surface area (Å²) in [6.07, 6.45) is 1.58. The molecule has 5 nitrogen and oxygen atoms in total. The first-order valence-corrected chi connectivity index (χ1v) is 8.95. The number of carboxylic acids is 1. The molecule has 0 bridgehead atoms. The third kappa shape index (κ3) is 3.87. The summed E-state index contributed by atoms with van der Waals surface area (Å²) in [6.45, 7) is 3.11. The van der Waals surface area contributed by atoms with Crippen molar-refractivity contribution >= 4 is 11.9 Å². The molecular formula is C21H23NO4. The number of hydrogen-bond acceptors (Lipinski definition) is 3. The van der Waals surface area contributed by atoms with Crippen molar-refractivity contribution in [2.45, 2.75) is 32.2 Å². The lowest BCUT2D eigenvalue weighted by atomic mass is 10.0. The Morgan fingerprint density at radius 3 is 2.77 bits per heavy atom. The molecule has 1 fully saturated rings. The third-order valence-electron chi connectivity index (χ3n) is 4.66. The van der Waals surface area contributed by atoms with Crippen molar-refractivity contribution in [2.75, 3.05) is 13.2 Å². The minimum atomic E-state index is -0.867. The van der Waals surface area contributed by atoms with Crippen LogP contribution in [0.5, 0.6) is 5.75 Å². The highest BCUT2D eigenvalue weighted by atomic mass is 16.5. The molecule has 26 heavy (non-hydrogen) atoms. The van der Waals surface area contributed by atoms with Gasteiger partial charge in [0.15, 0.2) is 0 Å². The van der Waals surface area contributed by atoms with Gasteiger partial charge in [0.1, 0.15) is 5.75 Å². The summed E-state index contributed by atoms with van der Waals surface area (Å²) in [5.74, 6) is -0.192. The van der Waals surface area contributed by atoms with Crippen molar-refractivity contribution in [1.82, 2.24) is 4.90 Å². The molecule has 5 heteroatoms. The predicted molar refractivity (Wildman–Crippen MR) is 99.4 cm³/mol. The standard InChI is InChI=1S/C21H23NO4/c1-2-26-19-11-4-3-10-18(19)15-7-5-8-16(13-15)21(25)22-12-6-9-17(22)14-20(23)24/h3-5,7-8,10-11,13,17H,2,6,9,12,14H2,1H3,(H,23,24). The number of rotatable bonds is 6. The molecule has 1 N–H and O–H groups in total. The highest BCUT2D eigenvalue weighted by Gasteiger charge is 2.31. The number of aliphatic carboxylic acids is 1. The number of amides is 1. The van der Waals surface area contributed by atoms with Gasteiger partial charge >= 0.3 is 5.97 Å². The summed E-state index contributed by atoms with van der Waals surface area (Å²) in [5.41, 5.74) is 2.42. The zero-order valence-electron chi connectivity index (χ0n) is 14.9. The van der Waals surface area contributed by atoms with E-state index in [-0.39, 0.29) is 18.4 Å². The van der Waals surface area contributed by atoms with Crippen LogP contribution >= 0.6 is 0 Å². The minimum Gasteiger partial charge on any atom is -0.493 e. The van der Waals surface area contributed by atoms with Crippen molar-refractivity contribution in [3.8, 4) is 16.9 Å². The van der Waals surface area contributed by atoms with E-state index in [0.717, 1.165) is 29.7 Å². The molecule has 136 valence electrons. The van der Waals surface area contributed by atoms with Gasteiger partial charge in [-0.1, -0.05) is 30.3 Å². The average Bonchev–Trinajstić information content (AvgIpc) is 3.09. The SMILES string of the molecule is CCOc1ccccc1-c1cccc(C(=O)N2CCCC2CC(=O)O)c1. The van der Waals surface area contributed by atoms with Crippen LogP contribution in [0.1, 0.15) is 36.5 Å². The van der Waals surface area contributed by atoms with Gasteiger partial charge in [-0.3, -0.25) is 9.59 Å². The number of nitrogens with zero attached hydrogens (tertiary/aromatic N) is 1. The van der Waals surface area contributed by atoms with E-state index in [9.17, 15) is 9.59 Å². The van der Waals surface area contributed by atoms with E-state index in [1.807, 2.05) is 49.4 Å². The molecule has 1 aliphatic rings. The third-order valence-corrected chi connectivity index (χ3v) is 4.66. The normalized spacial score (nSPS) is 16.5. The molecule has 0 aliphatic carbocycles. The Hall–Kier alpha value is -2.82. The first-order chi connectivity index (χ1) is 12.6. The van der Waals surface area contributed by atoms with Gasteiger partial charge in [0.05, 0.1) is 13.0 Å². The molecule has 2 aromatic carbocycles. The fourth-order valence-corrected chi connectivity index (χ4v) is 3.49. The number of carbonyl (C=O) groups is 2. The summed E-state index contributed by atoms with van der Waals surface area (Å²) in [4.78, 5) is 25.7. The molecule has 2 aromatic rings. The van der Waals surface area contributed by atoms with Crippen LogP contribution in [0.15, 0.2) is 48.5 Å². The minimum absolute atomic E-state index is 0.00138. The van der Waals surface area contributed by atoms with Crippen LogP contribution in [0.3, 0.4) is 0 Å². The van der Waals surface area contributed by atoms with Gasteiger partial charge in [-0.05, 0) is 43.5 Å². The van der Waals surface area contributed by atoms with E-state index in [1.165, 1.54) is 0 Å². The molecule has 3 rings (SSSR count). The van der Waals surface area contributed by atoms with Crippen LogP contribution < -0.4 is 4.74 Å². The second kappa shape index (κ2) is 8.04. The summed E-state index contributed by atoms with van der Waals surface area (Å²) >= 11 is 0. The predicted octanol–water partition coefficient (Wildman–Crippen LogP) is 3.83. The number of ether oxygens (including phenoxy) is 1. The molecule has 0 spiro atoms. The highest BCUT2D eigenvalue weighted by Crippen LogP contribution is 2.31. The van der Waals surface area contributed by atoms with Crippen molar-refractivity contribution in [1.29, 1.82) is 0 Å². The molecule has 1 unspecified atom stereocenters. The van der Waals surface area contributed by atoms with Crippen molar-refractivity contribution in [2.24, 2.45) is 0 Å². The number of hydrogen-bond donors (Lipinski definition) is 1. The van der Waals surface area contributed by atoms with E-state index in [0.29, 0.717) is 18.7 Å². The number of benzene rings is 2. The lowest BCUT2D eigenvalue weighted by molar-refractivity contribution is -0.137. The molecule has 0 aromatic heterocycles. The Bertz CT molecular complexity index is 802. The van der Waals surface area contributed by atoms with Crippen LogP contribution in [0.25, 0.3) is 11.1 Å². The van der Waals surface area contributed by atoms with Gasteiger partial charge < -0.3 is 14.7 Å². The average molecular weight is 353 g/mol. The highest BCUT2D eigenvalue weighted by molar-refractivity contribution is 5.96. The topological polar surface area (TPSA) is 66.8 Å². The van der Waals surface area contributed by atoms with Crippen LogP contribution in [0.4, 0.5) is 0 Å². The Kier molecular flexibility index (Phi) is 5.56. The Morgan fingerprint density at radius 1 is 1.19 bits per heavy atom. The van der Waals surface area contributed by atoms with Crippen LogP contribution in [-0.2, 0) is 4.79 Å². The second-order valence-corrected chi connectivity index (χ2v) is 6.40. The van der Waals surface area contributed by atoms with Crippen LogP contribution in [0.2, 0.25) is 0 Å². The summed E-state index contributed by atoms with van der Waals surface area (Å²) in [6, 6.07) is 15.0. The maximum Gasteiger partial charge on any atom is 0.305 e. The fourth-order valence-electron chi connectivity index (χ4n) is 3.49. The molecule has 1 saturated heterocycles. The van der Waals surface area contributed by atoms with Gasteiger partial charge in [0.2, 0.25) is 0 Å². The van der Waals surface area contributed by atoms with E-state index >= 15 is 0 Å². The quantitative estimate of drug-likeness (QED) is 0.857. The van der Waals surface area contributed by atoms with Gasteiger partial charge in [0.25, 0.3) is 5.91 Å². The summed E-state index contributed by atoms with van der Waals surface area (Å²) in [7, 11) is 0. The first kappa shape index (κ1) is 18.0. The Balaban J connectivity index is 1.88. The van der Waals surface area contributed by atoms with Crippen LogP contribution in [-0.4, -0.2) is 41.1 Å². The van der Waals surface area contributed by atoms with Crippen molar-refractivity contribution < 1.29 is 19.4 Å². The zero-order chi connectivity index (χ0) is 18.5. The van der Waals surface area contributed by atoms with Crippen molar-refractivity contribution in [3.63, 3.8) is 0 Å². The van der Waals surface area contributed by atoms with Gasteiger partial charge in [-0.25, -0.2) is 0 Å². The van der Waals surface area contributed by atoms with Gasteiger partial charge in [0, 0.05) is 23.7 Å². The monoisotopic (exact) mass is 353 g/mol. The van der Waals surface area contributed by atoms with Crippen LogP contribution in [0, 0.1) is 0 Å². The lowest BCUT2D eigenvalue weighted by Gasteiger charge is -2.23. The fraction of sp³-hybridized carbons (Fsp3) is 0.333.